The first-order chi connectivity index (χ1) is 9.68. The molecule has 1 N–H and O–H groups in total. The number of carbonyl (C=O) groups is 1. The minimum Gasteiger partial charge on any atom is -0.346 e. The van der Waals surface area contributed by atoms with Gasteiger partial charge in [0.15, 0.2) is 0 Å². The van der Waals surface area contributed by atoms with E-state index in [-0.39, 0.29) is 17.3 Å². The average Bonchev–Trinajstić information content (AvgIpc) is 3.20. The summed E-state index contributed by atoms with van der Waals surface area (Å²) in [6.07, 6.45) is 2.10. The van der Waals surface area contributed by atoms with Gasteiger partial charge in [0.25, 0.3) is 0 Å². The molecule has 1 aliphatic carbocycles. The van der Waals surface area contributed by atoms with Gasteiger partial charge in [0.1, 0.15) is 5.82 Å². The number of rotatable bonds is 4. The highest BCUT2D eigenvalue weighted by atomic mass is 19.1. The summed E-state index contributed by atoms with van der Waals surface area (Å²) in [5, 5.41) is 3.05. The fourth-order valence-electron chi connectivity index (χ4n) is 2.49. The number of halogens is 1. The Labute approximate surface area is 117 Å². The Balaban J connectivity index is 1.70. The summed E-state index contributed by atoms with van der Waals surface area (Å²) in [5.74, 6) is -0.274. The monoisotopic (exact) mass is 269 g/mol. The van der Waals surface area contributed by atoms with Crippen LogP contribution in [0, 0.1) is 5.82 Å². The Hall–Kier alpha value is -2.16. The first kappa shape index (κ1) is 12.9. The molecule has 0 bridgehead atoms. The Kier molecular flexibility index (Phi) is 3.26. The van der Waals surface area contributed by atoms with Crippen molar-refractivity contribution in [1.82, 2.24) is 5.32 Å². The summed E-state index contributed by atoms with van der Waals surface area (Å²) < 4.78 is 13.3. The molecular weight excluding hydrogens is 253 g/mol. The molecule has 1 fully saturated rings. The molecule has 2 nitrogen and oxygen atoms in total. The summed E-state index contributed by atoms with van der Waals surface area (Å²) in [4.78, 5) is 12.1. The van der Waals surface area contributed by atoms with E-state index in [9.17, 15) is 9.18 Å². The van der Waals surface area contributed by atoms with Crippen LogP contribution in [0.2, 0.25) is 0 Å². The van der Waals surface area contributed by atoms with Gasteiger partial charge < -0.3 is 5.32 Å². The zero-order valence-electron chi connectivity index (χ0n) is 11.1. The van der Waals surface area contributed by atoms with Gasteiger partial charge in [-0.05, 0) is 36.1 Å². The molecule has 0 unspecified atom stereocenters. The van der Waals surface area contributed by atoms with Gasteiger partial charge in [-0.25, -0.2) is 4.39 Å². The van der Waals surface area contributed by atoms with E-state index in [0.29, 0.717) is 6.42 Å². The zero-order valence-corrected chi connectivity index (χ0v) is 11.1. The molecule has 0 spiro atoms. The summed E-state index contributed by atoms with van der Waals surface area (Å²) >= 11 is 0. The number of hydrogen-bond acceptors (Lipinski definition) is 1. The van der Waals surface area contributed by atoms with E-state index in [2.05, 4.69) is 5.32 Å². The second-order valence-electron chi connectivity index (χ2n) is 5.30. The fourth-order valence-corrected chi connectivity index (χ4v) is 2.49. The summed E-state index contributed by atoms with van der Waals surface area (Å²) in [6, 6.07) is 16.1. The third kappa shape index (κ3) is 2.72. The SMILES string of the molecule is O=C(Cc1ccccc1)NC1(c2cccc(F)c2)CC1. The molecule has 0 saturated heterocycles. The van der Waals surface area contributed by atoms with E-state index in [0.717, 1.165) is 24.0 Å². The topological polar surface area (TPSA) is 29.1 Å². The van der Waals surface area contributed by atoms with E-state index < -0.39 is 0 Å². The van der Waals surface area contributed by atoms with Crippen molar-refractivity contribution in [3.63, 3.8) is 0 Å². The van der Waals surface area contributed by atoms with Gasteiger partial charge in [0.05, 0.1) is 12.0 Å². The van der Waals surface area contributed by atoms with Crippen molar-refractivity contribution in [2.45, 2.75) is 24.8 Å². The maximum absolute atomic E-state index is 13.3. The summed E-state index contributed by atoms with van der Waals surface area (Å²) in [6.45, 7) is 0. The van der Waals surface area contributed by atoms with Crippen LogP contribution >= 0.6 is 0 Å². The quantitative estimate of drug-likeness (QED) is 0.907. The van der Waals surface area contributed by atoms with Crippen LogP contribution in [0.4, 0.5) is 4.39 Å². The third-order valence-electron chi connectivity index (χ3n) is 3.71. The normalized spacial score (nSPS) is 15.7. The molecule has 1 amide bonds. The number of carbonyl (C=O) groups excluding carboxylic acids is 1. The second kappa shape index (κ2) is 5.08. The number of amides is 1. The van der Waals surface area contributed by atoms with Gasteiger partial charge >= 0.3 is 0 Å². The molecule has 3 rings (SSSR count). The number of hydrogen-bond donors (Lipinski definition) is 1. The molecular formula is C17H16FNO. The molecule has 2 aromatic carbocycles. The van der Waals surface area contributed by atoms with Crippen LogP contribution in [-0.4, -0.2) is 5.91 Å². The highest BCUT2D eigenvalue weighted by Gasteiger charge is 2.45. The van der Waals surface area contributed by atoms with Crippen LogP contribution in [0.5, 0.6) is 0 Å². The molecule has 0 heterocycles. The predicted octanol–water partition coefficient (Wildman–Crippen LogP) is 3.17. The van der Waals surface area contributed by atoms with Crippen LogP contribution < -0.4 is 5.32 Å². The lowest BCUT2D eigenvalue weighted by Crippen LogP contribution is -2.35. The van der Waals surface area contributed by atoms with Crippen molar-refractivity contribution in [2.24, 2.45) is 0 Å². The molecule has 3 heteroatoms. The predicted molar refractivity (Wildman–Crippen MR) is 75.6 cm³/mol. The highest BCUT2D eigenvalue weighted by Crippen LogP contribution is 2.45. The first-order valence-corrected chi connectivity index (χ1v) is 6.79. The molecule has 0 aliphatic heterocycles. The molecule has 0 atom stereocenters. The lowest BCUT2D eigenvalue weighted by atomic mass is 10.0. The van der Waals surface area contributed by atoms with Crippen LogP contribution in [0.15, 0.2) is 54.6 Å². The third-order valence-corrected chi connectivity index (χ3v) is 3.71. The van der Waals surface area contributed by atoms with Crippen LogP contribution in [0.3, 0.4) is 0 Å². The second-order valence-corrected chi connectivity index (χ2v) is 5.30. The Morgan fingerprint density at radius 3 is 2.50 bits per heavy atom. The molecule has 1 saturated carbocycles. The maximum atomic E-state index is 13.3. The van der Waals surface area contributed by atoms with Gasteiger partial charge in [-0.3, -0.25) is 4.79 Å². The van der Waals surface area contributed by atoms with Crippen molar-refractivity contribution in [3.8, 4) is 0 Å². The van der Waals surface area contributed by atoms with Crippen molar-refractivity contribution >= 4 is 5.91 Å². The van der Waals surface area contributed by atoms with E-state index in [1.165, 1.54) is 12.1 Å². The van der Waals surface area contributed by atoms with Crippen LogP contribution in [0.1, 0.15) is 24.0 Å². The van der Waals surface area contributed by atoms with Crippen molar-refractivity contribution in [1.29, 1.82) is 0 Å². The Morgan fingerprint density at radius 1 is 1.10 bits per heavy atom. The van der Waals surface area contributed by atoms with Crippen molar-refractivity contribution in [3.05, 3.63) is 71.5 Å². The van der Waals surface area contributed by atoms with E-state index in [1.54, 1.807) is 6.07 Å². The fraction of sp³-hybridized carbons (Fsp3) is 0.235. The Morgan fingerprint density at radius 2 is 1.85 bits per heavy atom. The standard InChI is InChI=1S/C17H16FNO/c18-15-8-4-7-14(12-15)17(9-10-17)19-16(20)11-13-5-2-1-3-6-13/h1-8,12H,9-11H2,(H,19,20). The van der Waals surface area contributed by atoms with Crippen LogP contribution in [0.25, 0.3) is 0 Å². The minimum absolute atomic E-state index is 0.0158. The minimum atomic E-state index is -0.353. The number of benzene rings is 2. The molecule has 0 radical (unpaired) electrons. The van der Waals surface area contributed by atoms with Crippen molar-refractivity contribution < 1.29 is 9.18 Å². The first-order valence-electron chi connectivity index (χ1n) is 6.79. The summed E-state index contributed by atoms with van der Waals surface area (Å²) in [5.41, 5.74) is 1.49. The van der Waals surface area contributed by atoms with E-state index in [4.69, 9.17) is 0 Å². The highest BCUT2D eigenvalue weighted by molar-refractivity contribution is 5.80. The van der Waals surface area contributed by atoms with Gasteiger partial charge in [-0.1, -0.05) is 42.5 Å². The zero-order chi connectivity index (χ0) is 14.0. The average molecular weight is 269 g/mol. The largest absolute Gasteiger partial charge is 0.346 e. The maximum Gasteiger partial charge on any atom is 0.225 e. The summed E-state index contributed by atoms with van der Waals surface area (Å²) in [7, 11) is 0. The Bertz CT molecular complexity index is 620. The van der Waals surface area contributed by atoms with Crippen LogP contribution in [-0.2, 0) is 16.8 Å². The molecule has 2 aromatic rings. The van der Waals surface area contributed by atoms with Gasteiger partial charge in [-0.2, -0.15) is 0 Å². The van der Waals surface area contributed by atoms with Gasteiger partial charge in [-0.15, -0.1) is 0 Å². The molecule has 20 heavy (non-hydrogen) atoms. The van der Waals surface area contributed by atoms with E-state index >= 15 is 0 Å². The van der Waals surface area contributed by atoms with Crippen molar-refractivity contribution in [2.75, 3.05) is 0 Å². The van der Waals surface area contributed by atoms with Gasteiger partial charge in [0.2, 0.25) is 5.91 Å². The van der Waals surface area contributed by atoms with Gasteiger partial charge in [0, 0.05) is 0 Å². The van der Waals surface area contributed by atoms with E-state index in [1.807, 2.05) is 36.4 Å². The lowest BCUT2D eigenvalue weighted by molar-refractivity contribution is -0.121. The molecule has 102 valence electrons. The molecule has 1 aliphatic rings. The lowest BCUT2D eigenvalue weighted by Gasteiger charge is -2.18. The smallest absolute Gasteiger partial charge is 0.225 e. The molecule has 0 aromatic heterocycles. The number of nitrogens with one attached hydrogen (secondary N) is 1.